The predicted octanol–water partition coefficient (Wildman–Crippen LogP) is 2.11. The van der Waals surface area contributed by atoms with Gasteiger partial charge in [-0.15, -0.1) is 0 Å². The average Bonchev–Trinajstić information content (AvgIpc) is 2.66. The van der Waals surface area contributed by atoms with Gasteiger partial charge in [0.2, 0.25) is 0 Å². The van der Waals surface area contributed by atoms with Crippen LogP contribution in [-0.2, 0) is 10.0 Å². The summed E-state index contributed by atoms with van der Waals surface area (Å²) >= 11 is 0. The Labute approximate surface area is 146 Å². The fourth-order valence-electron chi connectivity index (χ4n) is 2.56. The van der Waals surface area contributed by atoms with Gasteiger partial charge in [-0.3, -0.25) is 0 Å². The average molecular weight is 352 g/mol. The smallest absolute Gasteiger partial charge is 0.258 e. The van der Waals surface area contributed by atoms with Crippen LogP contribution in [0.15, 0.2) is 71.9 Å². The Morgan fingerprint density at radius 3 is 2.44 bits per heavy atom. The Bertz CT molecular complexity index is 1030. The van der Waals surface area contributed by atoms with E-state index in [0.717, 1.165) is 10.8 Å². The van der Waals surface area contributed by atoms with Gasteiger partial charge in [-0.25, -0.2) is 13.4 Å². The first kappa shape index (κ1) is 17.0. The molecule has 2 atom stereocenters. The molecule has 25 heavy (non-hydrogen) atoms. The number of aromatic nitrogens is 1. The van der Waals surface area contributed by atoms with Crippen molar-refractivity contribution in [3.8, 4) is 6.07 Å². The van der Waals surface area contributed by atoms with Gasteiger partial charge in [0.15, 0.2) is 5.03 Å². The second-order valence-electron chi connectivity index (χ2n) is 5.53. The molecule has 3 rings (SSSR count). The van der Waals surface area contributed by atoms with E-state index < -0.39 is 22.1 Å². The van der Waals surface area contributed by atoms with E-state index in [1.165, 1.54) is 12.3 Å². The number of hydrogen-bond donors (Lipinski definition) is 2. The second-order valence-corrected chi connectivity index (χ2v) is 7.19. The summed E-state index contributed by atoms with van der Waals surface area (Å²) in [6, 6.07) is 17.7. The van der Waals surface area contributed by atoms with Gasteiger partial charge in [0.25, 0.3) is 10.0 Å². The van der Waals surface area contributed by atoms with Gasteiger partial charge >= 0.3 is 0 Å². The number of fused-ring (bicyclic) bond motifs is 1. The zero-order valence-corrected chi connectivity index (χ0v) is 14.0. The van der Waals surface area contributed by atoms with Crippen LogP contribution in [0.1, 0.15) is 11.6 Å². The number of benzene rings is 2. The number of nitrogens with zero attached hydrogens (tertiary/aromatic N) is 2. The highest BCUT2D eigenvalue weighted by Gasteiger charge is 2.27. The van der Waals surface area contributed by atoms with Crippen LogP contribution in [0.4, 0.5) is 0 Å². The summed E-state index contributed by atoms with van der Waals surface area (Å²) in [6.45, 7) is 0. The molecule has 3 N–H and O–H groups in total. The van der Waals surface area contributed by atoms with Crippen LogP contribution in [0.3, 0.4) is 0 Å². The standard InChI is InChI=1S/C18H16N4O2S/c19-12-16(20)18(22-25(23,24)17-7-3-4-10-21-17)15-9-8-13-5-1-2-6-14(13)11-15/h1-11,16,18,22H,20H2/t16-,18-/m0/s1. The molecular formula is C18H16N4O2S. The minimum atomic E-state index is -3.91. The van der Waals surface area contributed by atoms with Crippen molar-refractivity contribution in [2.24, 2.45) is 5.73 Å². The molecule has 0 unspecified atom stereocenters. The molecule has 0 aliphatic rings. The monoisotopic (exact) mass is 352 g/mol. The van der Waals surface area contributed by atoms with Gasteiger partial charge in [-0.1, -0.05) is 42.5 Å². The van der Waals surface area contributed by atoms with Gasteiger partial charge in [-0.05, 0) is 34.5 Å². The van der Waals surface area contributed by atoms with E-state index in [9.17, 15) is 13.7 Å². The third-order valence-corrected chi connectivity index (χ3v) is 5.19. The molecule has 0 amide bonds. The molecule has 0 bridgehead atoms. The number of nitrogens with two attached hydrogens (primary N) is 1. The summed E-state index contributed by atoms with van der Waals surface area (Å²) < 4.78 is 27.6. The van der Waals surface area contributed by atoms with Crippen molar-refractivity contribution in [3.05, 3.63) is 72.4 Å². The first-order chi connectivity index (χ1) is 12.0. The molecule has 0 radical (unpaired) electrons. The van der Waals surface area contributed by atoms with E-state index >= 15 is 0 Å². The van der Waals surface area contributed by atoms with E-state index in [1.807, 2.05) is 42.5 Å². The summed E-state index contributed by atoms with van der Waals surface area (Å²) in [5.74, 6) is 0. The number of hydrogen-bond acceptors (Lipinski definition) is 5. The number of nitriles is 1. The normalized spacial score (nSPS) is 13.9. The third kappa shape index (κ3) is 3.67. The molecular weight excluding hydrogens is 336 g/mol. The van der Waals surface area contributed by atoms with Crippen molar-refractivity contribution in [2.75, 3.05) is 0 Å². The highest BCUT2D eigenvalue weighted by atomic mass is 32.2. The Balaban J connectivity index is 2.01. The summed E-state index contributed by atoms with van der Waals surface area (Å²) in [4.78, 5) is 3.86. The van der Waals surface area contributed by atoms with Crippen molar-refractivity contribution in [3.63, 3.8) is 0 Å². The molecule has 0 aliphatic heterocycles. The molecule has 3 aromatic rings. The number of pyridine rings is 1. The van der Waals surface area contributed by atoms with Crippen LogP contribution in [-0.4, -0.2) is 19.4 Å². The first-order valence-electron chi connectivity index (χ1n) is 7.58. The van der Waals surface area contributed by atoms with E-state index in [0.29, 0.717) is 5.56 Å². The maximum Gasteiger partial charge on any atom is 0.258 e. The van der Waals surface area contributed by atoms with Gasteiger partial charge in [-0.2, -0.15) is 9.98 Å². The molecule has 0 saturated carbocycles. The van der Waals surface area contributed by atoms with Gasteiger partial charge in [0, 0.05) is 6.20 Å². The van der Waals surface area contributed by atoms with Crippen molar-refractivity contribution in [1.29, 1.82) is 5.26 Å². The van der Waals surface area contributed by atoms with Crippen LogP contribution >= 0.6 is 0 Å². The third-order valence-electron chi connectivity index (χ3n) is 3.84. The lowest BCUT2D eigenvalue weighted by molar-refractivity contribution is 0.534. The fourth-order valence-corrected chi connectivity index (χ4v) is 3.75. The zero-order chi connectivity index (χ0) is 17.9. The summed E-state index contributed by atoms with van der Waals surface area (Å²) in [5.41, 5.74) is 6.49. The first-order valence-corrected chi connectivity index (χ1v) is 9.07. The minimum Gasteiger partial charge on any atom is -0.314 e. The molecule has 0 saturated heterocycles. The van der Waals surface area contributed by atoms with Crippen LogP contribution < -0.4 is 10.5 Å². The molecule has 126 valence electrons. The maximum atomic E-state index is 12.6. The number of nitrogens with one attached hydrogen (secondary N) is 1. The van der Waals surface area contributed by atoms with E-state index in [-0.39, 0.29) is 5.03 Å². The van der Waals surface area contributed by atoms with E-state index in [1.54, 1.807) is 18.2 Å². The van der Waals surface area contributed by atoms with Crippen LogP contribution in [0.25, 0.3) is 10.8 Å². The highest BCUT2D eigenvalue weighted by molar-refractivity contribution is 7.89. The topological polar surface area (TPSA) is 109 Å². The zero-order valence-electron chi connectivity index (χ0n) is 13.2. The minimum absolute atomic E-state index is 0.120. The molecule has 7 heteroatoms. The maximum absolute atomic E-state index is 12.6. The summed E-state index contributed by atoms with van der Waals surface area (Å²) in [6.07, 6.45) is 1.39. The molecule has 1 heterocycles. The van der Waals surface area contributed by atoms with Gasteiger partial charge < -0.3 is 5.73 Å². The van der Waals surface area contributed by atoms with Crippen molar-refractivity contribution >= 4 is 20.8 Å². The van der Waals surface area contributed by atoms with Crippen LogP contribution in [0.5, 0.6) is 0 Å². The Morgan fingerprint density at radius 2 is 1.76 bits per heavy atom. The molecule has 0 spiro atoms. The van der Waals surface area contributed by atoms with E-state index in [4.69, 9.17) is 5.73 Å². The van der Waals surface area contributed by atoms with Crippen molar-refractivity contribution in [2.45, 2.75) is 17.1 Å². The Hall–Kier alpha value is -2.79. The molecule has 2 aromatic carbocycles. The molecule has 0 fully saturated rings. The van der Waals surface area contributed by atoms with Crippen molar-refractivity contribution in [1.82, 2.24) is 9.71 Å². The van der Waals surface area contributed by atoms with E-state index in [2.05, 4.69) is 9.71 Å². The molecule has 0 aliphatic carbocycles. The Morgan fingerprint density at radius 1 is 1.04 bits per heavy atom. The van der Waals surface area contributed by atoms with Gasteiger partial charge in [0.1, 0.15) is 6.04 Å². The van der Waals surface area contributed by atoms with Gasteiger partial charge in [0.05, 0.1) is 12.1 Å². The SMILES string of the molecule is N#C[C@H](N)[C@@H](NS(=O)(=O)c1ccccn1)c1ccc2ccccc2c1. The summed E-state index contributed by atoms with van der Waals surface area (Å²) in [5, 5.41) is 11.1. The largest absolute Gasteiger partial charge is 0.314 e. The number of sulfonamides is 1. The quantitative estimate of drug-likeness (QED) is 0.731. The second kappa shape index (κ2) is 6.99. The molecule has 6 nitrogen and oxygen atoms in total. The number of rotatable bonds is 5. The lowest BCUT2D eigenvalue weighted by Gasteiger charge is -2.21. The lowest BCUT2D eigenvalue weighted by Crippen LogP contribution is -2.40. The summed E-state index contributed by atoms with van der Waals surface area (Å²) in [7, 11) is -3.91. The fraction of sp³-hybridized carbons (Fsp3) is 0.111. The van der Waals surface area contributed by atoms with Crippen molar-refractivity contribution < 1.29 is 8.42 Å². The molecule has 1 aromatic heterocycles. The van der Waals surface area contributed by atoms with Crippen LogP contribution in [0.2, 0.25) is 0 Å². The lowest BCUT2D eigenvalue weighted by atomic mass is 9.98. The van der Waals surface area contributed by atoms with Crippen LogP contribution in [0, 0.1) is 11.3 Å². The predicted molar refractivity (Wildman–Crippen MR) is 94.8 cm³/mol. The highest BCUT2D eigenvalue weighted by Crippen LogP contribution is 2.23. The Kier molecular flexibility index (Phi) is 4.76.